The van der Waals surface area contributed by atoms with Crippen LogP contribution in [0.1, 0.15) is 86.2 Å². The van der Waals surface area contributed by atoms with E-state index in [1.165, 1.54) is 28.8 Å². The van der Waals surface area contributed by atoms with Crippen molar-refractivity contribution >= 4 is 61.7 Å². The number of piperidine rings is 1. The highest BCUT2D eigenvalue weighted by Gasteiger charge is 2.28. The number of halogens is 1. The van der Waals surface area contributed by atoms with Crippen LogP contribution in [0.2, 0.25) is 5.02 Å². The summed E-state index contributed by atoms with van der Waals surface area (Å²) in [5.41, 5.74) is 7.11. The second-order valence-electron chi connectivity index (χ2n) is 17.0. The van der Waals surface area contributed by atoms with Crippen molar-refractivity contribution in [3.63, 3.8) is 0 Å². The second-order valence-corrected chi connectivity index (χ2v) is 19.2. The SMILES string of the molecule is CC1(C)CCC(CNCCNc2ccc(C(=O)NS(=O)(=O)c3ccc(NC4CCNCC4)c(C(CO)CCC=O)c3)c(Oc3ccc4[nH]ccc4c3)c2)=C(c2ccc(Cl)cc2)C1. The van der Waals surface area contributed by atoms with E-state index in [1.54, 1.807) is 30.3 Å². The number of carbonyl (C=O) groups is 2. The lowest BCUT2D eigenvalue weighted by Gasteiger charge is -2.34. The molecule has 328 valence electrons. The van der Waals surface area contributed by atoms with E-state index in [-0.39, 0.29) is 40.7 Å². The van der Waals surface area contributed by atoms with Crippen molar-refractivity contribution in [2.45, 2.75) is 75.6 Å². The van der Waals surface area contributed by atoms with E-state index >= 15 is 0 Å². The highest BCUT2D eigenvalue weighted by atomic mass is 35.5. The van der Waals surface area contributed by atoms with Crippen molar-refractivity contribution in [3.8, 4) is 11.5 Å². The number of carbonyl (C=O) groups excluding carboxylic acids is 2. The van der Waals surface area contributed by atoms with Crippen molar-refractivity contribution in [1.82, 2.24) is 20.3 Å². The maximum absolute atomic E-state index is 14.0. The topological polar surface area (TPSA) is 174 Å². The summed E-state index contributed by atoms with van der Waals surface area (Å²) in [4.78, 5) is 28.3. The van der Waals surface area contributed by atoms with Crippen LogP contribution in [0.5, 0.6) is 11.5 Å². The smallest absolute Gasteiger partial charge is 0.268 e. The number of benzene rings is 4. The Balaban J connectivity index is 1.08. The predicted octanol–water partition coefficient (Wildman–Crippen LogP) is 8.62. The highest BCUT2D eigenvalue weighted by molar-refractivity contribution is 7.90. The van der Waals surface area contributed by atoms with Crippen LogP contribution in [0.15, 0.2) is 102 Å². The third kappa shape index (κ3) is 11.4. The zero-order valence-corrected chi connectivity index (χ0v) is 36.9. The summed E-state index contributed by atoms with van der Waals surface area (Å²) in [6.07, 6.45) is 8.06. The minimum absolute atomic E-state index is 0.0249. The van der Waals surface area contributed by atoms with Crippen molar-refractivity contribution < 1.29 is 27.9 Å². The number of hydrogen-bond acceptors (Lipinski definition) is 10. The number of nitrogens with one attached hydrogen (secondary N) is 6. The molecule has 1 saturated heterocycles. The number of amides is 1. The first kappa shape index (κ1) is 44.9. The number of sulfonamides is 1. The van der Waals surface area contributed by atoms with Crippen molar-refractivity contribution in [2.24, 2.45) is 5.41 Å². The molecule has 2 heterocycles. The molecule has 0 radical (unpaired) electrons. The van der Waals surface area contributed by atoms with Crippen LogP contribution < -0.4 is 30.7 Å². The fourth-order valence-electron chi connectivity index (χ4n) is 8.36. The molecule has 1 aliphatic carbocycles. The average Bonchev–Trinajstić information content (AvgIpc) is 3.73. The molecular weight excluding hydrogens is 824 g/mol. The van der Waals surface area contributed by atoms with Crippen LogP contribution in [0.25, 0.3) is 16.5 Å². The van der Waals surface area contributed by atoms with Crippen LogP contribution >= 0.6 is 11.6 Å². The molecule has 7 rings (SSSR count). The largest absolute Gasteiger partial charge is 0.456 e. The number of H-pyrrole nitrogens is 1. The maximum Gasteiger partial charge on any atom is 0.268 e. The van der Waals surface area contributed by atoms with Crippen LogP contribution in [0.4, 0.5) is 11.4 Å². The molecule has 0 saturated carbocycles. The number of fused-ring (bicyclic) bond motifs is 1. The average molecular weight is 882 g/mol. The Labute approximate surface area is 369 Å². The molecular formula is C48H57ClN6O6S. The Bertz CT molecular complexity index is 2500. The van der Waals surface area contributed by atoms with Gasteiger partial charge >= 0.3 is 0 Å². The number of allylic oxidation sites excluding steroid dienone is 1. The van der Waals surface area contributed by atoms with E-state index in [1.807, 2.05) is 36.5 Å². The molecule has 14 heteroatoms. The molecule has 1 unspecified atom stereocenters. The van der Waals surface area contributed by atoms with E-state index < -0.39 is 21.8 Å². The minimum atomic E-state index is -4.41. The van der Waals surface area contributed by atoms with E-state index in [0.29, 0.717) is 42.2 Å². The normalized spacial score (nSPS) is 16.2. The lowest BCUT2D eigenvalue weighted by atomic mass is 9.72. The zero-order chi connectivity index (χ0) is 43.7. The van der Waals surface area contributed by atoms with Gasteiger partial charge in [-0.2, -0.15) is 0 Å². The molecule has 1 aliphatic heterocycles. The van der Waals surface area contributed by atoms with E-state index in [2.05, 4.69) is 57.0 Å². The summed E-state index contributed by atoms with van der Waals surface area (Å²) < 4.78 is 36.5. The molecule has 0 spiro atoms. The first-order chi connectivity index (χ1) is 29.9. The van der Waals surface area contributed by atoms with Gasteiger partial charge in [0.15, 0.2) is 0 Å². The van der Waals surface area contributed by atoms with Gasteiger partial charge in [0.05, 0.1) is 17.1 Å². The number of aromatic amines is 1. The molecule has 7 N–H and O–H groups in total. The van der Waals surface area contributed by atoms with Crippen LogP contribution in [0, 0.1) is 5.41 Å². The minimum Gasteiger partial charge on any atom is -0.456 e. The summed E-state index contributed by atoms with van der Waals surface area (Å²) in [6.45, 7) is 8.07. The van der Waals surface area contributed by atoms with Crippen LogP contribution in [-0.4, -0.2) is 76.1 Å². The molecule has 12 nitrogen and oxygen atoms in total. The molecule has 2 aliphatic rings. The molecule has 0 bridgehead atoms. The summed E-state index contributed by atoms with van der Waals surface area (Å²) in [5, 5.41) is 25.9. The van der Waals surface area contributed by atoms with Gasteiger partial charge in [-0.25, -0.2) is 13.1 Å². The number of aliphatic hydroxyl groups excluding tert-OH is 1. The van der Waals surface area contributed by atoms with Gasteiger partial charge in [0, 0.05) is 77.6 Å². The van der Waals surface area contributed by atoms with E-state index in [9.17, 15) is 23.1 Å². The fourth-order valence-corrected chi connectivity index (χ4v) is 9.49. The van der Waals surface area contributed by atoms with Crippen LogP contribution in [0.3, 0.4) is 0 Å². The van der Waals surface area contributed by atoms with Crippen molar-refractivity contribution in [1.29, 1.82) is 0 Å². The van der Waals surface area contributed by atoms with Gasteiger partial charge < -0.3 is 40.9 Å². The Kier molecular flexibility index (Phi) is 14.7. The molecule has 1 amide bonds. The maximum atomic E-state index is 14.0. The molecule has 1 aromatic heterocycles. The highest BCUT2D eigenvalue weighted by Crippen LogP contribution is 2.43. The van der Waals surface area contributed by atoms with Crippen LogP contribution in [-0.2, 0) is 14.8 Å². The summed E-state index contributed by atoms with van der Waals surface area (Å²) in [6, 6.07) is 25.3. The van der Waals surface area contributed by atoms with Gasteiger partial charge in [0.1, 0.15) is 17.8 Å². The molecule has 1 fully saturated rings. The summed E-state index contributed by atoms with van der Waals surface area (Å²) in [7, 11) is -4.41. The Hall–Kier alpha value is -5.18. The first-order valence-electron chi connectivity index (χ1n) is 21.4. The monoisotopic (exact) mass is 880 g/mol. The van der Waals surface area contributed by atoms with E-state index in [0.717, 1.165) is 74.0 Å². The van der Waals surface area contributed by atoms with Gasteiger partial charge in [0.2, 0.25) is 0 Å². The number of aromatic nitrogens is 1. The standard InChI is InChI=1S/C48H57ClN6O6S/c1-48(2)19-15-34(43(29-48)32-5-7-36(49)8-6-32)30-51-23-24-52-38-9-12-41(46(27-38)61-39-10-13-44-33(26-39)16-22-53-44)47(58)55-62(59,60)40-11-14-45(54-37-17-20-50-21-18-37)42(28-40)35(31-57)4-3-25-56/h5-14,16,22,25-28,35,37,50-54,57H,3-4,15,17-21,23-24,29-31H2,1-2H3,(H,55,58). The molecule has 5 aromatic rings. The summed E-state index contributed by atoms with van der Waals surface area (Å²) in [5.74, 6) is -0.717. The Morgan fingerprint density at radius 3 is 2.58 bits per heavy atom. The summed E-state index contributed by atoms with van der Waals surface area (Å²) >= 11 is 6.20. The lowest BCUT2D eigenvalue weighted by Crippen LogP contribution is -2.35. The Morgan fingerprint density at radius 1 is 1.00 bits per heavy atom. The first-order valence-corrected chi connectivity index (χ1v) is 23.3. The third-order valence-electron chi connectivity index (χ3n) is 11.9. The number of anilines is 2. The van der Waals surface area contributed by atoms with Gasteiger partial charge in [0.25, 0.3) is 15.9 Å². The fraction of sp³-hybridized carbons (Fsp3) is 0.375. The zero-order valence-electron chi connectivity index (χ0n) is 35.4. The van der Waals surface area contributed by atoms with Crippen molar-refractivity contribution in [3.05, 3.63) is 118 Å². The molecule has 4 aromatic carbocycles. The van der Waals surface area contributed by atoms with E-state index in [4.69, 9.17) is 16.3 Å². The number of aliphatic hydroxyl groups is 1. The van der Waals surface area contributed by atoms with Crippen molar-refractivity contribution in [2.75, 3.05) is 50.0 Å². The lowest BCUT2D eigenvalue weighted by molar-refractivity contribution is -0.108. The number of hydrogen-bond donors (Lipinski definition) is 7. The van der Waals surface area contributed by atoms with Gasteiger partial charge in [-0.3, -0.25) is 4.79 Å². The number of ether oxygens (including phenoxy) is 1. The number of rotatable bonds is 19. The predicted molar refractivity (Wildman–Crippen MR) is 248 cm³/mol. The van der Waals surface area contributed by atoms with Gasteiger partial charge in [-0.05, 0) is 140 Å². The quantitative estimate of drug-likeness (QED) is 0.0315. The number of aldehydes is 1. The van der Waals surface area contributed by atoms with Gasteiger partial charge in [-0.1, -0.05) is 43.2 Å². The molecule has 62 heavy (non-hydrogen) atoms. The molecule has 1 atom stereocenters. The second kappa shape index (κ2) is 20.3. The third-order valence-corrected chi connectivity index (χ3v) is 13.5. The van der Waals surface area contributed by atoms with Gasteiger partial charge in [-0.15, -0.1) is 0 Å². The Morgan fingerprint density at radius 2 is 1.81 bits per heavy atom.